The van der Waals surface area contributed by atoms with Crippen LogP contribution in [0.2, 0.25) is 0 Å². The van der Waals surface area contributed by atoms with Crippen molar-refractivity contribution >= 4 is 0 Å². The largest absolute Gasteiger partial charge is 0.494 e. The van der Waals surface area contributed by atoms with Crippen LogP contribution in [0.5, 0.6) is 11.5 Å². The van der Waals surface area contributed by atoms with Crippen LogP contribution < -0.4 is 9.47 Å². The number of β-amino-alcohol motifs (C(OH)–C–C–N with tert-alkyl or cyclic N) is 1. The molecule has 2 rings (SSSR count). The van der Waals surface area contributed by atoms with Gasteiger partial charge >= 0.3 is 0 Å². The maximum atomic E-state index is 10.0. The Morgan fingerprint density at radius 1 is 1.09 bits per heavy atom. The van der Waals surface area contributed by atoms with Crippen molar-refractivity contribution in [2.75, 3.05) is 46.9 Å². The Balaban J connectivity index is 1.70. The van der Waals surface area contributed by atoms with E-state index in [1.165, 1.54) is 0 Å². The fourth-order valence-electron chi connectivity index (χ4n) is 2.68. The zero-order chi connectivity index (χ0) is 15.9. The fourth-order valence-corrected chi connectivity index (χ4v) is 2.68. The summed E-state index contributed by atoms with van der Waals surface area (Å²) in [6.45, 7) is 5.90. The second kappa shape index (κ2) is 8.36. The molecule has 1 heterocycles. The van der Waals surface area contributed by atoms with Crippen molar-refractivity contribution in [2.24, 2.45) is 0 Å². The lowest BCUT2D eigenvalue weighted by Gasteiger charge is -2.21. The summed E-state index contributed by atoms with van der Waals surface area (Å²) in [5.74, 6) is 1.73. The first-order valence-electron chi connectivity index (χ1n) is 8.02. The van der Waals surface area contributed by atoms with E-state index in [4.69, 9.17) is 9.47 Å². The van der Waals surface area contributed by atoms with E-state index in [9.17, 15) is 5.11 Å². The van der Waals surface area contributed by atoms with Crippen molar-refractivity contribution in [3.8, 4) is 11.5 Å². The SMILES string of the molecule is CCCOc1ccc(OCCN2C[C@H](O)[C@@H](N(C)C)C2)cc1. The summed E-state index contributed by atoms with van der Waals surface area (Å²) < 4.78 is 11.3. The van der Waals surface area contributed by atoms with E-state index in [0.717, 1.165) is 44.2 Å². The molecule has 5 heteroatoms. The summed E-state index contributed by atoms with van der Waals surface area (Å²) in [5, 5.41) is 10.0. The van der Waals surface area contributed by atoms with Crippen LogP contribution in [0.15, 0.2) is 24.3 Å². The number of ether oxygens (including phenoxy) is 2. The van der Waals surface area contributed by atoms with E-state index < -0.39 is 0 Å². The van der Waals surface area contributed by atoms with Crippen LogP contribution in [-0.2, 0) is 0 Å². The number of likely N-dealkylation sites (N-methyl/N-ethyl adjacent to an activating group) is 1. The second-order valence-corrected chi connectivity index (χ2v) is 6.03. The highest BCUT2D eigenvalue weighted by Crippen LogP contribution is 2.18. The number of aliphatic hydroxyl groups is 1. The normalized spacial score (nSPS) is 22.2. The highest BCUT2D eigenvalue weighted by atomic mass is 16.5. The average Bonchev–Trinajstić information content (AvgIpc) is 2.87. The van der Waals surface area contributed by atoms with Gasteiger partial charge in [0.15, 0.2) is 0 Å². The van der Waals surface area contributed by atoms with Crippen LogP contribution >= 0.6 is 0 Å². The van der Waals surface area contributed by atoms with Gasteiger partial charge in [-0.25, -0.2) is 0 Å². The third-order valence-electron chi connectivity index (χ3n) is 3.97. The zero-order valence-corrected chi connectivity index (χ0v) is 13.9. The van der Waals surface area contributed by atoms with Gasteiger partial charge in [0.1, 0.15) is 18.1 Å². The summed E-state index contributed by atoms with van der Waals surface area (Å²) in [6.07, 6.45) is 0.735. The van der Waals surface area contributed by atoms with Crippen LogP contribution in [-0.4, -0.2) is 74.0 Å². The molecule has 0 amide bonds. The van der Waals surface area contributed by atoms with Gasteiger partial charge in [-0.3, -0.25) is 4.90 Å². The lowest BCUT2D eigenvalue weighted by Crippen LogP contribution is -2.38. The smallest absolute Gasteiger partial charge is 0.119 e. The van der Waals surface area contributed by atoms with E-state index in [1.54, 1.807) is 0 Å². The molecule has 1 aliphatic rings. The average molecular weight is 308 g/mol. The monoisotopic (exact) mass is 308 g/mol. The van der Waals surface area contributed by atoms with Crippen molar-refractivity contribution in [1.29, 1.82) is 0 Å². The van der Waals surface area contributed by atoms with E-state index in [1.807, 2.05) is 38.4 Å². The standard InChI is InChI=1S/C17H28N2O3/c1-4-10-21-14-5-7-15(8-6-14)22-11-9-19-12-16(18(2)3)17(20)13-19/h5-8,16-17,20H,4,9-13H2,1-3H3/t16-,17-/m0/s1. The molecule has 2 atom stereocenters. The molecule has 0 radical (unpaired) electrons. The Morgan fingerprint density at radius 3 is 2.18 bits per heavy atom. The van der Waals surface area contributed by atoms with Gasteiger partial charge in [-0.1, -0.05) is 6.92 Å². The molecule has 0 spiro atoms. The summed E-state index contributed by atoms with van der Waals surface area (Å²) in [7, 11) is 4.02. The summed E-state index contributed by atoms with van der Waals surface area (Å²) >= 11 is 0. The van der Waals surface area contributed by atoms with Gasteiger partial charge in [0.2, 0.25) is 0 Å². The van der Waals surface area contributed by atoms with Crippen molar-refractivity contribution in [1.82, 2.24) is 9.80 Å². The van der Waals surface area contributed by atoms with Crippen molar-refractivity contribution in [3.63, 3.8) is 0 Å². The molecule has 1 aromatic carbocycles. The van der Waals surface area contributed by atoms with Gasteiger partial charge in [-0.2, -0.15) is 0 Å². The number of likely N-dealkylation sites (tertiary alicyclic amines) is 1. The summed E-state index contributed by atoms with van der Waals surface area (Å²) in [6, 6.07) is 7.97. The van der Waals surface area contributed by atoms with Crippen LogP contribution in [0, 0.1) is 0 Å². The summed E-state index contributed by atoms with van der Waals surface area (Å²) in [4.78, 5) is 4.33. The fraction of sp³-hybridized carbons (Fsp3) is 0.647. The van der Waals surface area contributed by atoms with Crippen molar-refractivity contribution in [3.05, 3.63) is 24.3 Å². The van der Waals surface area contributed by atoms with Gasteiger partial charge in [0.05, 0.1) is 12.7 Å². The molecule has 0 bridgehead atoms. The van der Waals surface area contributed by atoms with Gasteiger partial charge in [-0.05, 0) is 44.8 Å². The predicted octanol–water partition coefficient (Wildman–Crippen LogP) is 1.46. The van der Waals surface area contributed by atoms with Gasteiger partial charge in [0, 0.05) is 25.7 Å². The summed E-state index contributed by atoms with van der Waals surface area (Å²) in [5.41, 5.74) is 0. The number of hydrogen-bond acceptors (Lipinski definition) is 5. The third-order valence-corrected chi connectivity index (χ3v) is 3.97. The highest BCUT2D eigenvalue weighted by molar-refractivity contribution is 5.31. The number of benzene rings is 1. The minimum atomic E-state index is -0.273. The molecule has 1 aliphatic heterocycles. The Labute approximate surface area is 133 Å². The Kier molecular flexibility index (Phi) is 6.49. The molecule has 0 aliphatic carbocycles. The van der Waals surface area contributed by atoms with E-state index in [0.29, 0.717) is 6.61 Å². The Bertz CT molecular complexity index is 436. The molecule has 1 saturated heterocycles. The maximum absolute atomic E-state index is 10.0. The Hall–Kier alpha value is -1.30. The van der Waals surface area contributed by atoms with Crippen molar-refractivity contribution < 1.29 is 14.6 Å². The third kappa shape index (κ3) is 4.87. The number of nitrogens with zero attached hydrogens (tertiary/aromatic N) is 2. The lowest BCUT2D eigenvalue weighted by atomic mass is 10.2. The molecule has 0 saturated carbocycles. The van der Waals surface area contributed by atoms with E-state index in [-0.39, 0.29) is 12.1 Å². The number of rotatable bonds is 8. The quantitative estimate of drug-likeness (QED) is 0.788. The topological polar surface area (TPSA) is 45.2 Å². The zero-order valence-electron chi connectivity index (χ0n) is 13.9. The molecule has 22 heavy (non-hydrogen) atoms. The predicted molar refractivity (Wildman–Crippen MR) is 87.6 cm³/mol. The highest BCUT2D eigenvalue weighted by Gasteiger charge is 2.32. The first-order chi connectivity index (χ1) is 10.6. The molecular weight excluding hydrogens is 280 g/mol. The molecule has 0 aromatic heterocycles. The van der Waals surface area contributed by atoms with E-state index in [2.05, 4.69) is 16.7 Å². The van der Waals surface area contributed by atoms with E-state index >= 15 is 0 Å². The minimum Gasteiger partial charge on any atom is -0.494 e. The van der Waals surface area contributed by atoms with Crippen LogP contribution in [0.1, 0.15) is 13.3 Å². The molecule has 1 fully saturated rings. The van der Waals surface area contributed by atoms with Crippen LogP contribution in [0.25, 0.3) is 0 Å². The molecule has 1 N–H and O–H groups in total. The first kappa shape index (κ1) is 17.1. The second-order valence-electron chi connectivity index (χ2n) is 6.03. The van der Waals surface area contributed by atoms with Crippen LogP contribution in [0.4, 0.5) is 0 Å². The Morgan fingerprint density at radius 2 is 1.68 bits per heavy atom. The number of hydrogen-bond donors (Lipinski definition) is 1. The minimum absolute atomic E-state index is 0.218. The first-order valence-corrected chi connectivity index (χ1v) is 8.02. The number of aliphatic hydroxyl groups excluding tert-OH is 1. The van der Waals surface area contributed by atoms with Crippen molar-refractivity contribution in [2.45, 2.75) is 25.5 Å². The van der Waals surface area contributed by atoms with Gasteiger partial charge < -0.3 is 19.5 Å². The lowest BCUT2D eigenvalue weighted by molar-refractivity contribution is 0.112. The van der Waals surface area contributed by atoms with Crippen LogP contribution in [0.3, 0.4) is 0 Å². The maximum Gasteiger partial charge on any atom is 0.119 e. The molecule has 5 nitrogen and oxygen atoms in total. The molecule has 124 valence electrons. The van der Waals surface area contributed by atoms with Gasteiger partial charge in [0.25, 0.3) is 0 Å². The molecular formula is C17H28N2O3. The molecule has 0 unspecified atom stereocenters. The van der Waals surface area contributed by atoms with Gasteiger partial charge in [-0.15, -0.1) is 0 Å². The molecule has 1 aromatic rings.